The van der Waals surface area contributed by atoms with E-state index in [4.69, 9.17) is 0 Å². The van der Waals surface area contributed by atoms with E-state index in [0.29, 0.717) is 5.56 Å². The zero-order valence-electron chi connectivity index (χ0n) is 15.4. The van der Waals surface area contributed by atoms with Crippen molar-refractivity contribution in [3.8, 4) is 0 Å². The average molecular weight is 372 g/mol. The number of hydrogen-bond donors (Lipinski definition) is 0. The van der Waals surface area contributed by atoms with Gasteiger partial charge in [0.25, 0.3) is 11.2 Å². The number of nitro benzene ring substituents is 1. The summed E-state index contributed by atoms with van der Waals surface area (Å²) in [5.41, 5.74) is -0.198. The molecular formula is C18H20N4O5. The van der Waals surface area contributed by atoms with Gasteiger partial charge in [-0.2, -0.15) is 0 Å². The lowest BCUT2D eigenvalue weighted by Gasteiger charge is -2.24. The average Bonchev–Trinajstić information content (AvgIpc) is 2.66. The van der Waals surface area contributed by atoms with Gasteiger partial charge in [0.2, 0.25) is 5.91 Å². The molecule has 9 heteroatoms. The van der Waals surface area contributed by atoms with Gasteiger partial charge in [0, 0.05) is 45.5 Å². The van der Waals surface area contributed by atoms with Gasteiger partial charge in [-0.05, 0) is 18.6 Å². The second-order valence-corrected chi connectivity index (χ2v) is 6.15. The molecule has 0 aliphatic carbocycles. The molecule has 2 rings (SSSR count). The summed E-state index contributed by atoms with van der Waals surface area (Å²) in [4.78, 5) is 48.0. The minimum atomic E-state index is -0.503. The van der Waals surface area contributed by atoms with E-state index < -0.39 is 22.2 Å². The molecule has 0 spiro atoms. The maximum Gasteiger partial charge on any atom is 0.330 e. The summed E-state index contributed by atoms with van der Waals surface area (Å²) in [7, 11) is 4.44. The highest BCUT2D eigenvalue weighted by molar-refractivity contribution is 5.91. The number of rotatable bonds is 5. The van der Waals surface area contributed by atoms with E-state index in [1.807, 2.05) is 0 Å². The Labute approximate surface area is 154 Å². The van der Waals surface area contributed by atoms with Gasteiger partial charge >= 0.3 is 5.69 Å². The topological polar surface area (TPSA) is 107 Å². The first-order valence-corrected chi connectivity index (χ1v) is 8.09. The van der Waals surface area contributed by atoms with Crippen LogP contribution in [0.5, 0.6) is 0 Å². The fourth-order valence-electron chi connectivity index (χ4n) is 2.54. The van der Waals surface area contributed by atoms with Crippen LogP contribution in [-0.2, 0) is 18.9 Å². The van der Waals surface area contributed by atoms with E-state index in [0.717, 1.165) is 4.57 Å². The van der Waals surface area contributed by atoms with Crippen LogP contribution in [0.2, 0.25) is 0 Å². The van der Waals surface area contributed by atoms with E-state index >= 15 is 0 Å². The number of nitrogens with zero attached hydrogens (tertiary/aromatic N) is 4. The van der Waals surface area contributed by atoms with Crippen molar-refractivity contribution in [1.29, 1.82) is 0 Å². The lowest BCUT2D eigenvalue weighted by atomic mass is 10.1. The fraction of sp³-hybridized carbons (Fsp3) is 0.278. The highest BCUT2D eigenvalue weighted by Gasteiger charge is 2.18. The van der Waals surface area contributed by atoms with Crippen LogP contribution >= 0.6 is 0 Å². The third-order valence-corrected chi connectivity index (χ3v) is 4.37. The molecule has 1 heterocycles. The van der Waals surface area contributed by atoms with Crippen molar-refractivity contribution in [2.45, 2.75) is 13.0 Å². The number of likely N-dealkylation sites (N-methyl/N-ethyl adjacent to an activating group) is 1. The van der Waals surface area contributed by atoms with Crippen LogP contribution in [0.25, 0.3) is 6.08 Å². The van der Waals surface area contributed by atoms with E-state index in [1.165, 1.54) is 54.0 Å². The largest absolute Gasteiger partial charge is 0.335 e. The second kappa shape index (κ2) is 7.81. The molecule has 1 unspecified atom stereocenters. The first kappa shape index (κ1) is 19.8. The van der Waals surface area contributed by atoms with Crippen molar-refractivity contribution in [3.05, 3.63) is 78.6 Å². The molecule has 2 aromatic rings. The Morgan fingerprint density at radius 2 is 1.96 bits per heavy atom. The Hall–Kier alpha value is -3.49. The number of non-ortho nitro benzene ring substituents is 1. The summed E-state index contributed by atoms with van der Waals surface area (Å²) in [5.74, 6) is -0.384. The van der Waals surface area contributed by atoms with Crippen molar-refractivity contribution >= 4 is 17.7 Å². The van der Waals surface area contributed by atoms with Gasteiger partial charge in [-0.1, -0.05) is 12.1 Å². The van der Waals surface area contributed by atoms with Crippen molar-refractivity contribution < 1.29 is 9.72 Å². The fourth-order valence-corrected chi connectivity index (χ4v) is 2.54. The third-order valence-electron chi connectivity index (χ3n) is 4.37. The van der Waals surface area contributed by atoms with Crippen LogP contribution in [0.15, 0.2) is 46.1 Å². The predicted molar refractivity (Wildman–Crippen MR) is 100 cm³/mol. The first-order chi connectivity index (χ1) is 12.6. The summed E-state index contributed by atoms with van der Waals surface area (Å²) < 4.78 is 2.21. The quantitative estimate of drug-likeness (QED) is 0.446. The maximum absolute atomic E-state index is 12.4. The van der Waals surface area contributed by atoms with Gasteiger partial charge in [0.1, 0.15) is 0 Å². The molecule has 27 heavy (non-hydrogen) atoms. The standard InChI is InChI=1S/C18H20N4O5/c1-12(13-6-5-7-15(10-13)22(26)27)20(3)16(23)9-8-14-11-19(2)18(25)21(4)17(14)24/h5-12H,1-4H3/b9-8+. The molecular weight excluding hydrogens is 352 g/mol. The van der Waals surface area contributed by atoms with E-state index in [2.05, 4.69) is 0 Å². The number of aromatic nitrogens is 2. The summed E-state index contributed by atoms with van der Waals surface area (Å²) in [6.45, 7) is 1.75. The van der Waals surface area contributed by atoms with Gasteiger partial charge in [-0.15, -0.1) is 0 Å². The Morgan fingerprint density at radius 3 is 2.59 bits per heavy atom. The third kappa shape index (κ3) is 4.20. The molecule has 0 bridgehead atoms. The van der Waals surface area contributed by atoms with Crippen molar-refractivity contribution in [2.75, 3.05) is 7.05 Å². The zero-order valence-corrected chi connectivity index (χ0v) is 15.4. The number of aryl methyl sites for hydroxylation is 1. The molecule has 1 atom stereocenters. The molecule has 0 radical (unpaired) electrons. The number of hydrogen-bond acceptors (Lipinski definition) is 5. The molecule has 0 aliphatic heterocycles. The van der Waals surface area contributed by atoms with Gasteiger partial charge in [0.05, 0.1) is 16.5 Å². The lowest BCUT2D eigenvalue weighted by Crippen LogP contribution is -2.37. The number of carbonyl (C=O) groups is 1. The van der Waals surface area contributed by atoms with E-state index in [-0.39, 0.29) is 17.2 Å². The SMILES string of the molecule is CC(c1cccc([N+](=O)[O-])c1)N(C)C(=O)/C=C/c1cn(C)c(=O)n(C)c1=O. The molecule has 9 nitrogen and oxygen atoms in total. The Bertz CT molecular complexity index is 1030. The Balaban J connectivity index is 2.24. The van der Waals surface area contributed by atoms with Crippen LogP contribution < -0.4 is 11.2 Å². The predicted octanol–water partition coefficient (Wildman–Crippen LogP) is 1.22. The number of nitro groups is 1. The highest BCUT2D eigenvalue weighted by atomic mass is 16.6. The Kier molecular flexibility index (Phi) is 5.74. The highest BCUT2D eigenvalue weighted by Crippen LogP contribution is 2.23. The van der Waals surface area contributed by atoms with Crippen LogP contribution in [0.4, 0.5) is 5.69 Å². The first-order valence-electron chi connectivity index (χ1n) is 8.09. The maximum atomic E-state index is 12.4. The smallest absolute Gasteiger partial charge is 0.330 e. The van der Waals surface area contributed by atoms with Crippen molar-refractivity contribution in [1.82, 2.24) is 14.0 Å². The molecule has 0 fully saturated rings. The summed E-state index contributed by atoms with van der Waals surface area (Å²) >= 11 is 0. The van der Waals surface area contributed by atoms with Crippen LogP contribution in [-0.4, -0.2) is 31.9 Å². The molecule has 1 amide bonds. The number of carbonyl (C=O) groups excluding carboxylic acids is 1. The van der Waals surface area contributed by atoms with Crippen molar-refractivity contribution in [3.63, 3.8) is 0 Å². The summed E-state index contributed by atoms with van der Waals surface area (Å²) in [6, 6.07) is 5.65. The van der Waals surface area contributed by atoms with Gasteiger partial charge in [-0.25, -0.2) is 4.79 Å². The molecule has 1 aromatic carbocycles. The van der Waals surface area contributed by atoms with E-state index in [1.54, 1.807) is 26.1 Å². The summed E-state index contributed by atoms with van der Waals surface area (Å²) in [5, 5.41) is 10.9. The molecule has 0 saturated heterocycles. The lowest BCUT2D eigenvalue weighted by molar-refractivity contribution is -0.384. The molecule has 1 aromatic heterocycles. The van der Waals surface area contributed by atoms with Crippen LogP contribution in [0.1, 0.15) is 24.1 Å². The van der Waals surface area contributed by atoms with Gasteiger partial charge < -0.3 is 9.47 Å². The molecule has 0 saturated carbocycles. The molecule has 142 valence electrons. The minimum Gasteiger partial charge on any atom is -0.335 e. The molecule has 0 N–H and O–H groups in total. The van der Waals surface area contributed by atoms with Crippen LogP contribution in [0.3, 0.4) is 0 Å². The van der Waals surface area contributed by atoms with Gasteiger partial charge in [-0.3, -0.25) is 24.3 Å². The number of benzene rings is 1. The number of amides is 1. The zero-order chi connectivity index (χ0) is 20.3. The van der Waals surface area contributed by atoms with Crippen LogP contribution in [0, 0.1) is 10.1 Å². The van der Waals surface area contributed by atoms with Crippen molar-refractivity contribution in [2.24, 2.45) is 14.1 Å². The Morgan fingerprint density at radius 1 is 1.30 bits per heavy atom. The molecule has 0 aliphatic rings. The second-order valence-electron chi connectivity index (χ2n) is 6.15. The van der Waals surface area contributed by atoms with E-state index in [9.17, 15) is 24.5 Å². The van der Waals surface area contributed by atoms with Gasteiger partial charge in [0.15, 0.2) is 0 Å². The monoisotopic (exact) mass is 372 g/mol. The normalized spacial score (nSPS) is 12.1. The summed E-state index contributed by atoms with van der Waals surface area (Å²) in [6.07, 6.45) is 3.94. The minimum absolute atomic E-state index is 0.0514.